The van der Waals surface area contributed by atoms with Crippen LogP contribution in [0.5, 0.6) is 0 Å². The van der Waals surface area contributed by atoms with Gasteiger partial charge in [-0.1, -0.05) is 19.1 Å². The molecule has 1 unspecified atom stereocenters. The summed E-state index contributed by atoms with van der Waals surface area (Å²) in [5, 5.41) is 6.12. The molecule has 1 aromatic carbocycles. The lowest BCUT2D eigenvalue weighted by atomic mass is 10.1. The molecule has 5 nitrogen and oxygen atoms in total. The number of para-hydroxylation sites is 1. The van der Waals surface area contributed by atoms with Gasteiger partial charge >= 0.3 is 0 Å². The van der Waals surface area contributed by atoms with Gasteiger partial charge in [0.1, 0.15) is 0 Å². The van der Waals surface area contributed by atoms with E-state index in [2.05, 4.69) is 20.6 Å². The van der Waals surface area contributed by atoms with Crippen LogP contribution < -0.4 is 10.6 Å². The van der Waals surface area contributed by atoms with E-state index in [0.717, 1.165) is 17.8 Å². The molecule has 0 radical (unpaired) electrons. The van der Waals surface area contributed by atoms with Crippen molar-refractivity contribution in [1.82, 2.24) is 15.3 Å². The second kappa shape index (κ2) is 7.02. The van der Waals surface area contributed by atoms with Crippen molar-refractivity contribution in [3.05, 3.63) is 47.3 Å². The molecule has 0 aliphatic heterocycles. The number of nitrogens with one attached hydrogen (secondary N) is 2. The average molecular weight is 298 g/mol. The lowest BCUT2D eigenvalue weighted by Crippen LogP contribution is -2.32. The van der Waals surface area contributed by atoms with E-state index in [1.165, 1.54) is 0 Å². The molecule has 1 atom stereocenters. The molecule has 5 heteroatoms. The summed E-state index contributed by atoms with van der Waals surface area (Å²) in [6, 6.07) is 9.42. The van der Waals surface area contributed by atoms with Crippen LogP contribution in [0.3, 0.4) is 0 Å². The van der Waals surface area contributed by atoms with Crippen molar-refractivity contribution in [1.29, 1.82) is 0 Å². The third-order valence-corrected chi connectivity index (χ3v) is 3.39. The van der Waals surface area contributed by atoms with Crippen molar-refractivity contribution in [3.8, 4) is 0 Å². The molecule has 0 fully saturated rings. The number of hydrogen-bond donors (Lipinski definition) is 2. The minimum atomic E-state index is -0.0955. The predicted octanol–water partition coefficient (Wildman–Crippen LogP) is 3.37. The standard InChI is InChI=1S/C17H22N4O/c1-5-11(2)18-16(22)14-8-6-7-9-15(14)21-17-19-12(3)10-13(4)20-17/h6-11H,5H2,1-4H3,(H,18,22)(H,19,20,21). The van der Waals surface area contributed by atoms with Crippen LogP contribution in [0, 0.1) is 13.8 Å². The number of anilines is 2. The molecule has 2 aromatic rings. The molecule has 2 N–H and O–H groups in total. The maximum absolute atomic E-state index is 12.4. The molecule has 0 aliphatic carbocycles. The van der Waals surface area contributed by atoms with E-state index in [1.807, 2.05) is 52.0 Å². The number of hydrogen-bond acceptors (Lipinski definition) is 4. The number of benzene rings is 1. The highest BCUT2D eigenvalue weighted by atomic mass is 16.1. The molecule has 22 heavy (non-hydrogen) atoms. The Labute approximate surface area is 131 Å². The van der Waals surface area contributed by atoms with E-state index in [9.17, 15) is 4.79 Å². The fourth-order valence-electron chi connectivity index (χ4n) is 2.10. The van der Waals surface area contributed by atoms with Gasteiger partial charge in [-0.3, -0.25) is 4.79 Å². The van der Waals surface area contributed by atoms with Crippen molar-refractivity contribution in [3.63, 3.8) is 0 Å². The maximum Gasteiger partial charge on any atom is 0.253 e. The van der Waals surface area contributed by atoms with Crippen molar-refractivity contribution in [2.24, 2.45) is 0 Å². The number of aryl methyl sites for hydroxylation is 2. The third-order valence-electron chi connectivity index (χ3n) is 3.39. The largest absolute Gasteiger partial charge is 0.350 e. The first-order valence-corrected chi connectivity index (χ1v) is 7.48. The average Bonchev–Trinajstić information content (AvgIpc) is 2.46. The second-order valence-corrected chi connectivity index (χ2v) is 5.43. The Kier molecular flexibility index (Phi) is 5.09. The summed E-state index contributed by atoms with van der Waals surface area (Å²) < 4.78 is 0. The summed E-state index contributed by atoms with van der Waals surface area (Å²) in [6.45, 7) is 7.86. The van der Waals surface area contributed by atoms with Gasteiger partial charge in [0, 0.05) is 17.4 Å². The van der Waals surface area contributed by atoms with Crippen molar-refractivity contribution in [2.45, 2.75) is 40.2 Å². The van der Waals surface area contributed by atoms with Crippen LogP contribution in [-0.2, 0) is 0 Å². The fourth-order valence-corrected chi connectivity index (χ4v) is 2.10. The van der Waals surface area contributed by atoms with Crippen LogP contribution in [0.2, 0.25) is 0 Å². The zero-order valence-electron chi connectivity index (χ0n) is 13.5. The molecule has 1 amide bonds. The smallest absolute Gasteiger partial charge is 0.253 e. The lowest BCUT2D eigenvalue weighted by molar-refractivity contribution is 0.0940. The highest BCUT2D eigenvalue weighted by molar-refractivity contribution is 6.00. The Bertz CT molecular complexity index is 649. The highest BCUT2D eigenvalue weighted by Gasteiger charge is 2.13. The van der Waals surface area contributed by atoms with Gasteiger partial charge in [-0.25, -0.2) is 9.97 Å². The van der Waals surface area contributed by atoms with Gasteiger partial charge in [-0.2, -0.15) is 0 Å². The normalized spacial score (nSPS) is 11.8. The first-order chi connectivity index (χ1) is 10.5. The van der Waals surface area contributed by atoms with Gasteiger partial charge in [0.2, 0.25) is 5.95 Å². The van der Waals surface area contributed by atoms with E-state index < -0.39 is 0 Å². The second-order valence-electron chi connectivity index (χ2n) is 5.43. The molecule has 2 rings (SSSR count). The van der Waals surface area contributed by atoms with Gasteiger partial charge in [0.15, 0.2) is 0 Å². The first-order valence-electron chi connectivity index (χ1n) is 7.48. The SMILES string of the molecule is CCC(C)NC(=O)c1ccccc1Nc1nc(C)cc(C)n1. The van der Waals surface area contributed by atoms with Gasteiger partial charge in [-0.15, -0.1) is 0 Å². The molecule has 0 bridgehead atoms. The van der Waals surface area contributed by atoms with E-state index >= 15 is 0 Å². The molecule has 0 spiro atoms. The van der Waals surface area contributed by atoms with E-state index in [1.54, 1.807) is 6.07 Å². The van der Waals surface area contributed by atoms with Gasteiger partial charge < -0.3 is 10.6 Å². The fraction of sp³-hybridized carbons (Fsp3) is 0.353. The third kappa shape index (κ3) is 4.04. The number of amides is 1. The predicted molar refractivity (Wildman–Crippen MR) is 88.4 cm³/mol. The Balaban J connectivity index is 2.26. The molecule has 0 saturated carbocycles. The molecule has 1 heterocycles. The quantitative estimate of drug-likeness (QED) is 0.888. The first kappa shape index (κ1) is 15.9. The monoisotopic (exact) mass is 298 g/mol. The maximum atomic E-state index is 12.4. The lowest BCUT2D eigenvalue weighted by Gasteiger charge is -2.15. The number of nitrogens with zero attached hydrogens (tertiary/aromatic N) is 2. The van der Waals surface area contributed by atoms with Crippen LogP contribution in [0.25, 0.3) is 0 Å². The Morgan fingerprint density at radius 3 is 2.45 bits per heavy atom. The minimum absolute atomic E-state index is 0.0955. The topological polar surface area (TPSA) is 66.9 Å². The van der Waals surface area contributed by atoms with Crippen molar-refractivity contribution < 1.29 is 4.79 Å². The summed E-state index contributed by atoms with van der Waals surface area (Å²) in [6.07, 6.45) is 0.890. The number of carbonyl (C=O) groups is 1. The highest BCUT2D eigenvalue weighted by Crippen LogP contribution is 2.19. The Morgan fingerprint density at radius 1 is 1.18 bits per heavy atom. The van der Waals surface area contributed by atoms with E-state index in [4.69, 9.17) is 0 Å². The Morgan fingerprint density at radius 2 is 1.82 bits per heavy atom. The van der Waals surface area contributed by atoms with Gasteiger partial charge in [-0.05, 0) is 45.4 Å². The number of aromatic nitrogens is 2. The van der Waals surface area contributed by atoms with Crippen molar-refractivity contribution >= 4 is 17.5 Å². The molecule has 0 aliphatic rings. The van der Waals surface area contributed by atoms with Crippen molar-refractivity contribution in [2.75, 3.05) is 5.32 Å². The molecule has 116 valence electrons. The summed E-state index contributed by atoms with van der Waals surface area (Å²) in [5.74, 6) is 0.406. The summed E-state index contributed by atoms with van der Waals surface area (Å²) in [5.41, 5.74) is 3.06. The molecular weight excluding hydrogens is 276 g/mol. The van der Waals surface area contributed by atoms with Crippen LogP contribution in [0.1, 0.15) is 42.0 Å². The molecule has 1 aromatic heterocycles. The van der Waals surface area contributed by atoms with Crippen LogP contribution in [-0.4, -0.2) is 21.9 Å². The number of rotatable bonds is 5. The molecular formula is C17H22N4O. The zero-order valence-corrected chi connectivity index (χ0v) is 13.5. The Hall–Kier alpha value is -2.43. The summed E-state index contributed by atoms with van der Waals surface area (Å²) in [4.78, 5) is 21.1. The molecule has 0 saturated heterocycles. The number of carbonyl (C=O) groups excluding carboxylic acids is 1. The zero-order chi connectivity index (χ0) is 16.1. The van der Waals surface area contributed by atoms with E-state index in [0.29, 0.717) is 17.2 Å². The van der Waals surface area contributed by atoms with Crippen LogP contribution >= 0.6 is 0 Å². The van der Waals surface area contributed by atoms with Crippen LogP contribution in [0.4, 0.5) is 11.6 Å². The minimum Gasteiger partial charge on any atom is -0.350 e. The summed E-state index contributed by atoms with van der Waals surface area (Å²) >= 11 is 0. The van der Waals surface area contributed by atoms with E-state index in [-0.39, 0.29) is 11.9 Å². The van der Waals surface area contributed by atoms with Gasteiger partial charge in [0.05, 0.1) is 11.3 Å². The van der Waals surface area contributed by atoms with Crippen LogP contribution in [0.15, 0.2) is 30.3 Å². The summed E-state index contributed by atoms with van der Waals surface area (Å²) in [7, 11) is 0. The van der Waals surface area contributed by atoms with Gasteiger partial charge in [0.25, 0.3) is 5.91 Å².